The Morgan fingerprint density at radius 2 is 0.265 bits per heavy atom. The molecule has 7 N–H and O–H groups in total. The van der Waals surface area contributed by atoms with E-state index in [9.17, 15) is 69.3 Å². The van der Waals surface area contributed by atoms with Gasteiger partial charge in [0.1, 0.15) is 128 Å². The van der Waals surface area contributed by atoms with Crippen molar-refractivity contribution in [3.05, 3.63) is 0 Å². The predicted molar refractivity (Wildman–Crippen MR) is 299 cm³/mol. The Hall–Kier alpha value is -4.83. The van der Waals surface area contributed by atoms with E-state index < -0.39 is 257 Å². The molecule has 0 aliphatic carbocycles. The van der Waals surface area contributed by atoms with E-state index in [0.29, 0.717) is 0 Å². The third-order valence-corrected chi connectivity index (χ3v) is 18.0. The molecule has 98 heavy (non-hydrogen) atoms. The quantitative estimate of drug-likeness (QED) is 0.0564. The molecule has 21 rings (SSSR count). The number of hydrogen-bond acceptors (Lipinski definition) is 35. The number of methoxy groups -OCH3 is 14. The molecule has 0 saturated carbocycles. The average Bonchev–Trinajstić information content (AvgIpc) is 0.761. The van der Waals surface area contributed by atoms with Gasteiger partial charge in [0, 0.05) is 99.5 Å². The van der Waals surface area contributed by atoms with Crippen LogP contribution in [0.15, 0.2) is 0 Å². The van der Waals surface area contributed by atoms with E-state index in [1.165, 1.54) is 0 Å². The van der Waals surface area contributed by atoms with Crippen LogP contribution in [0.2, 0.25) is 0 Å². The average molecular weight is 1430 g/mol. The second kappa shape index (κ2) is 34.4. The van der Waals surface area contributed by atoms with Crippen LogP contribution in [0.5, 0.6) is 0 Å². The molecule has 560 valence electrons. The van der Waals surface area contributed by atoms with E-state index in [4.69, 9.17) is 133 Å². The molecule has 0 radical (unpaired) electrons. The van der Waals surface area contributed by atoms with E-state index in [2.05, 4.69) is 0 Å². The third-order valence-electron chi connectivity index (χ3n) is 18.0. The van der Waals surface area contributed by atoms with Crippen LogP contribution in [-0.2, 0) is 166 Å². The predicted octanol–water partition coefficient (Wildman–Crippen LogP) is -5.43. The topological polar surface area (TPSA) is 520 Å². The molecule has 21 aliphatic heterocycles. The minimum Gasteiger partial charge on any atom is -0.479 e. The van der Waals surface area contributed by atoms with E-state index in [1.807, 2.05) is 0 Å². The van der Waals surface area contributed by atoms with Gasteiger partial charge in [-0.25, -0.2) is 33.6 Å². The summed E-state index contributed by atoms with van der Waals surface area (Å²) in [5, 5.41) is 76.3. The maximum atomic E-state index is 13.5. The van der Waals surface area contributed by atoms with Gasteiger partial charge in [-0.3, -0.25) is 0 Å². The molecule has 21 fully saturated rings. The Kier molecular flexibility index (Phi) is 27.7. The maximum Gasteiger partial charge on any atom is 0.335 e. The summed E-state index contributed by atoms with van der Waals surface area (Å²) in [5.74, 6) is -12.5. The molecule has 14 bridgehead atoms. The van der Waals surface area contributed by atoms with Crippen molar-refractivity contribution < 1.29 is 202 Å². The van der Waals surface area contributed by atoms with Gasteiger partial charge in [-0.2, -0.15) is 0 Å². The van der Waals surface area contributed by atoms with Crippen molar-refractivity contribution >= 4 is 41.8 Å². The summed E-state index contributed by atoms with van der Waals surface area (Å²) in [6.07, 6.45) is -65.9. The van der Waals surface area contributed by atoms with Gasteiger partial charge in [0.05, 0.1) is 0 Å². The van der Waals surface area contributed by atoms with E-state index in [1.54, 1.807) is 0 Å². The summed E-state index contributed by atoms with van der Waals surface area (Å²) in [4.78, 5) is 94.2. The lowest BCUT2D eigenvalue weighted by atomic mass is 9.94. The number of rotatable bonds is 21. The van der Waals surface area contributed by atoms with Crippen molar-refractivity contribution in [3.8, 4) is 0 Å². The van der Waals surface area contributed by atoms with Crippen molar-refractivity contribution in [2.75, 3.05) is 99.5 Å². The Labute approximate surface area is 557 Å². The first kappa shape index (κ1) is 78.9. The van der Waals surface area contributed by atoms with Crippen LogP contribution in [0.1, 0.15) is 0 Å². The monoisotopic (exact) mass is 1430 g/mol. The van der Waals surface area contributed by atoms with E-state index >= 15 is 0 Å². The number of aliphatic carboxylic acids is 7. The van der Waals surface area contributed by atoms with Gasteiger partial charge in [0.15, 0.2) is 86.8 Å². The fourth-order valence-corrected chi connectivity index (χ4v) is 13.6. The molecular formula is C56H84O42. The van der Waals surface area contributed by atoms with Crippen LogP contribution in [0.3, 0.4) is 0 Å². The van der Waals surface area contributed by atoms with Crippen molar-refractivity contribution in [3.63, 3.8) is 0 Å². The molecule has 0 unspecified atom stereocenters. The van der Waals surface area contributed by atoms with E-state index in [0.717, 1.165) is 99.5 Å². The summed E-state index contributed by atoms with van der Waals surface area (Å²) in [5.41, 5.74) is 0. The van der Waals surface area contributed by atoms with Crippen LogP contribution < -0.4 is 0 Å². The zero-order valence-electron chi connectivity index (χ0n) is 55.1. The molecule has 21 saturated heterocycles. The van der Waals surface area contributed by atoms with Crippen molar-refractivity contribution in [2.45, 2.75) is 215 Å². The van der Waals surface area contributed by atoms with Crippen LogP contribution in [0.25, 0.3) is 0 Å². The first-order valence-corrected chi connectivity index (χ1v) is 30.0. The fourth-order valence-electron chi connectivity index (χ4n) is 13.6. The van der Waals surface area contributed by atoms with Gasteiger partial charge in [0.25, 0.3) is 0 Å². The van der Waals surface area contributed by atoms with Crippen LogP contribution in [-0.4, -0.2) is 392 Å². The molecule has 21 aliphatic rings. The lowest BCUT2D eigenvalue weighted by Crippen LogP contribution is -2.70. The summed E-state index contributed by atoms with van der Waals surface area (Å²) in [6.45, 7) is 0. The first-order chi connectivity index (χ1) is 46.8. The lowest BCUT2D eigenvalue weighted by Gasteiger charge is -2.51. The third kappa shape index (κ3) is 15.4. The summed E-state index contributed by atoms with van der Waals surface area (Å²) in [7, 11) is 15.4. The van der Waals surface area contributed by atoms with Crippen LogP contribution in [0, 0.1) is 0 Å². The van der Waals surface area contributed by atoms with Gasteiger partial charge in [-0.15, -0.1) is 0 Å². The smallest absolute Gasteiger partial charge is 0.335 e. The highest BCUT2D eigenvalue weighted by Crippen LogP contribution is 2.43. The molecule has 0 amide bonds. The minimum atomic E-state index is -2.23. The summed E-state index contributed by atoms with van der Waals surface area (Å²) in [6, 6.07) is 0. The van der Waals surface area contributed by atoms with Crippen molar-refractivity contribution in [1.29, 1.82) is 0 Å². The van der Waals surface area contributed by atoms with Crippen LogP contribution >= 0.6 is 0 Å². The van der Waals surface area contributed by atoms with E-state index in [-0.39, 0.29) is 0 Å². The van der Waals surface area contributed by atoms with Gasteiger partial charge in [-0.05, 0) is 0 Å². The van der Waals surface area contributed by atoms with Gasteiger partial charge < -0.3 is 168 Å². The molecule has 42 heteroatoms. The SMILES string of the molecule is CO[C@@H]1[C@H](OC)[C@H]2O[C@H]3[C@H](OC)[C@H](OC)[C@@H](O[C@H]4[C@H](OC)[C@@H](OC)[C@@H](O[C@H]5[C@H](OC)[C@@H](OC)[C@@H](O[C@H]6[C@H](OC)[C@@H](OC)[C@@H](O[C@H]7[C@H](OC)[C@@H](OC)[C@@H](O[C@H]8[C@H](OC)[C@H](OC)[C@@H](O[C@@H]1[C@@H](C(=O)O)O2)O[C@@H]8C(=O)O)O[C@@H]7C(=O)O)O[C@@H]6C(=O)O)O[C@@H]5C(=O)O)O[C@@H]4C(=O)O)O[C@@H]3C(=O)O. The zero-order chi connectivity index (χ0) is 72.0. The maximum absolute atomic E-state index is 13.5. The number of ether oxygens (including phenoxy) is 28. The normalized spacial score (nSPS) is 45.7. The van der Waals surface area contributed by atoms with Gasteiger partial charge >= 0.3 is 41.8 Å². The molecule has 0 spiro atoms. The molecule has 42 nitrogen and oxygen atoms in total. The standard InChI is InChI=1S/C56H84O42/c1-71-15-22-29(43(57)58)92-50(36(15)78-8)86-23-16(72-2)38(80-10)52(94-30(23)44(59)60)88-25-18(74-4)40(82-12)54(96-32(25)46(63)64)90-27-20(76-6)42(84-14)56(98-34(27)48(67)68)91-28-21(77-7)41(83-13)55(97-35(28)49(69)70)89-26-19(75-5)39(81-11)53(95-33(26)47(65)66)87-24-17(73-3)37(79-9)51(85-22)93-31(24)45(61)62/h15-42,50-56H,1-14H3,(H,57,58)(H,59,60)(H,61,62)(H,63,64)(H,65,66)(H,67,68)(H,69,70)/t15-,16-,17-,18-,19-,20-,21-,22-,23-,24-,25-,26-,27-,28-,29-,30-,31-,32-,33-,34-,35-,36-,37-,38-,39+,40+,41+,42+,50-,51-,52-,53-,54-,55-,56-/m0/s1. The molecule has 0 aromatic rings. The number of hydrogen-bond donors (Lipinski definition) is 7. The summed E-state index contributed by atoms with van der Waals surface area (Å²) >= 11 is 0. The molecular weight excluding hydrogens is 1340 g/mol. The number of carbonyl (C=O) groups is 7. The second-order valence-electron chi connectivity index (χ2n) is 22.9. The Morgan fingerprint density at radius 1 is 0.173 bits per heavy atom. The largest absolute Gasteiger partial charge is 0.479 e. The number of carboxylic acid groups (broad SMARTS) is 7. The second-order valence-corrected chi connectivity index (χ2v) is 22.9. The fraction of sp³-hybridized carbons (Fsp3) is 0.875. The van der Waals surface area contributed by atoms with Crippen molar-refractivity contribution in [2.24, 2.45) is 0 Å². The summed E-state index contributed by atoms with van der Waals surface area (Å²) < 4.78 is 168. The van der Waals surface area contributed by atoms with Gasteiger partial charge in [-0.1, -0.05) is 0 Å². The highest BCUT2D eigenvalue weighted by atomic mass is 16.8. The van der Waals surface area contributed by atoms with Gasteiger partial charge in [0.2, 0.25) is 0 Å². The highest BCUT2D eigenvalue weighted by Gasteiger charge is 2.65. The Bertz CT molecular complexity index is 2190. The van der Waals surface area contributed by atoms with Crippen molar-refractivity contribution in [1.82, 2.24) is 0 Å². The Morgan fingerprint density at radius 3 is 0.337 bits per heavy atom. The minimum absolute atomic E-state index is 1.09. The molecule has 21 heterocycles. The Balaban J connectivity index is 1.25. The molecule has 0 aromatic carbocycles. The number of carboxylic acids is 7. The lowest BCUT2D eigenvalue weighted by molar-refractivity contribution is -0.392. The zero-order valence-corrected chi connectivity index (χ0v) is 55.1. The van der Waals surface area contributed by atoms with Crippen LogP contribution in [0.4, 0.5) is 0 Å². The molecule has 35 atom stereocenters. The highest BCUT2D eigenvalue weighted by molar-refractivity contribution is 5.76. The molecule has 0 aromatic heterocycles. The first-order valence-electron chi connectivity index (χ1n) is 30.0.